The largest absolute Gasteiger partial charge is 0.465 e. The molecule has 1 aliphatic heterocycles. The molecule has 0 aromatic heterocycles. The van der Waals surface area contributed by atoms with E-state index in [1.807, 2.05) is 0 Å². The normalized spacial score (nSPS) is 29.6. The maximum Gasteiger partial charge on any atom is 0.311 e. The van der Waals surface area contributed by atoms with Crippen LogP contribution in [0.4, 0.5) is 0 Å². The molecule has 0 radical (unpaired) electrons. The number of ether oxygens (including phenoxy) is 2. The van der Waals surface area contributed by atoms with Gasteiger partial charge in [0.2, 0.25) is 0 Å². The molecule has 0 saturated carbocycles. The third-order valence-electron chi connectivity index (χ3n) is 2.05. The van der Waals surface area contributed by atoms with Gasteiger partial charge in [-0.1, -0.05) is 0 Å². The van der Waals surface area contributed by atoms with Gasteiger partial charge in [-0.05, 0) is 13.3 Å². The van der Waals surface area contributed by atoms with Gasteiger partial charge in [-0.3, -0.25) is 9.59 Å². The van der Waals surface area contributed by atoms with Gasteiger partial charge in [-0.15, -0.1) is 0 Å². The van der Waals surface area contributed by atoms with Crippen molar-refractivity contribution >= 4 is 11.9 Å². The fraction of sp³-hybridized carbons (Fsp3) is 0.778. The van der Waals surface area contributed by atoms with E-state index in [1.54, 1.807) is 6.92 Å². The summed E-state index contributed by atoms with van der Waals surface area (Å²) in [5.74, 6) is -1.42. The second-order valence-electron chi connectivity index (χ2n) is 3.33. The van der Waals surface area contributed by atoms with Gasteiger partial charge in [0.05, 0.1) is 25.0 Å². The van der Waals surface area contributed by atoms with Crippen molar-refractivity contribution in [1.29, 1.82) is 0 Å². The Kier molecular flexibility index (Phi) is 3.88. The average molecular weight is 202 g/mol. The minimum absolute atomic E-state index is 0.0287. The van der Waals surface area contributed by atoms with E-state index in [1.165, 1.54) is 0 Å². The molecule has 14 heavy (non-hydrogen) atoms. The zero-order chi connectivity index (χ0) is 10.6. The molecule has 1 rings (SSSR count). The molecule has 5 nitrogen and oxygen atoms in total. The van der Waals surface area contributed by atoms with Crippen molar-refractivity contribution < 1.29 is 24.2 Å². The molecule has 0 amide bonds. The van der Waals surface area contributed by atoms with Gasteiger partial charge in [0.15, 0.2) is 0 Å². The summed E-state index contributed by atoms with van der Waals surface area (Å²) in [6.45, 7) is 1.45. The summed E-state index contributed by atoms with van der Waals surface area (Å²) in [6, 6.07) is 0. The smallest absolute Gasteiger partial charge is 0.311 e. The van der Waals surface area contributed by atoms with Crippen molar-refractivity contribution in [1.82, 2.24) is 0 Å². The molecule has 5 heteroatoms. The summed E-state index contributed by atoms with van der Waals surface area (Å²) < 4.78 is 9.75. The minimum Gasteiger partial charge on any atom is -0.465 e. The van der Waals surface area contributed by atoms with E-state index in [2.05, 4.69) is 0 Å². The Bertz CT molecular complexity index is 225. The molecular formula is C9H14O5. The Morgan fingerprint density at radius 1 is 1.50 bits per heavy atom. The van der Waals surface area contributed by atoms with Gasteiger partial charge in [-0.25, -0.2) is 0 Å². The van der Waals surface area contributed by atoms with Crippen molar-refractivity contribution in [2.75, 3.05) is 13.2 Å². The monoisotopic (exact) mass is 202 g/mol. The molecule has 1 N–H and O–H groups in total. The van der Waals surface area contributed by atoms with Crippen LogP contribution in [0.5, 0.6) is 0 Å². The Morgan fingerprint density at radius 2 is 2.21 bits per heavy atom. The van der Waals surface area contributed by atoms with Gasteiger partial charge < -0.3 is 14.6 Å². The second kappa shape index (κ2) is 4.95. The zero-order valence-corrected chi connectivity index (χ0v) is 8.06. The maximum absolute atomic E-state index is 11.3. The summed E-state index contributed by atoms with van der Waals surface area (Å²) in [7, 11) is 0. The van der Waals surface area contributed by atoms with Crippen LogP contribution in [0.1, 0.15) is 19.8 Å². The maximum atomic E-state index is 11.3. The van der Waals surface area contributed by atoms with E-state index < -0.39 is 11.9 Å². The molecule has 0 aromatic rings. The zero-order valence-electron chi connectivity index (χ0n) is 8.06. The van der Waals surface area contributed by atoms with Crippen molar-refractivity contribution in [3.05, 3.63) is 0 Å². The fourth-order valence-corrected chi connectivity index (χ4v) is 1.33. The van der Waals surface area contributed by atoms with Gasteiger partial charge >= 0.3 is 11.9 Å². The molecule has 1 unspecified atom stereocenters. The molecule has 1 fully saturated rings. The van der Waals surface area contributed by atoms with Gasteiger partial charge in [0, 0.05) is 0 Å². The van der Waals surface area contributed by atoms with E-state index in [0.717, 1.165) is 0 Å². The van der Waals surface area contributed by atoms with Crippen molar-refractivity contribution in [2.24, 2.45) is 5.92 Å². The highest BCUT2D eigenvalue weighted by molar-refractivity contribution is 5.74. The number of hydrogen-bond acceptors (Lipinski definition) is 5. The fourth-order valence-electron chi connectivity index (χ4n) is 1.33. The number of esters is 2. The SMILES string of the molecule is C[C@H]1CC(CO)C(=O)OCCC(=O)O1. The summed E-state index contributed by atoms with van der Waals surface area (Å²) in [4.78, 5) is 22.3. The lowest BCUT2D eigenvalue weighted by Gasteiger charge is -2.15. The van der Waals surface area contributed by atoms with Crippen LogP contribution in [0, 0.1) is 5.92 Å². The van der Waals surface area contributed by atoms with Crippen LogP contribution < -0.4 is 0 Å². The highest BCUT2D eigenvalue weighted by Crippen LogP contribution is 2.14. The Balaban J connectivity index is 2.63. The lowest BCUT2D eigenvalue weighted by atomic mass is 10.0. The van der Waals surface area contributed by atoms with Crippen LogP contribution in [-0.4, -0.2) is 36.4 Å². The Labute approximate surface area is 82.0 Å². The summed E-state index contributed by atoms with van der Waals surface area (Å²) >= 11 is 0. The standard InChI is InChI=1S/C9H14O5/c1-6-4-7(5-10)9(12)13-3-2-8(11)14-6/h6-7,10H,2-5H2,1H3/t6-,7?/m0/s1. The number of carbonyl (C=O) groups excluding carboxylic acids is 2. The van der Waals surface area contributed by atoms with Crippen LogP contribution in [-0.2, 0) is 19.1 Å². The Hall–Kier alpha value is -1.10. The topological polar surface area (TPSA) is 72.8 Å². The van der Waals surface area contributed by atoms with E-state index in [0.29, 0.717) is 6.42 Å². The van der Waals surface area contributed by atoms with Crippen LogP contribution in [0.15, 0.2) is 0 Å². The van der Waals surface area contributed by atoms with Gasteiger partial charge in [0.25, 0.3) is 0 Å². The summed E-state index contributed by atoms with van der Waals surface area (Å²) in [5.41, 5.74) is 0. The first-order valence-electron chi connectivity index (χ1n) is 4.60. The van der Waals surface area contributed by atoms with E-state index >= 15 is 0 Å². The third-order valence-corrected chi connectivity index (χ3v) is 2.05. The number of rotatable bonds is 1. The lowest BCUT2D eigenvalue weighted by molar-refractivity contribution is -0.150. The number of aliphatic hydroxyl groups excluding tert-OH is 1. The predicted molar refractivity (Wildman–Crippen MR) is 46.3 cm³/mol. The number of cyclic esters (lactones) is 2. The number of hydrogen-bond donors (Lipinski definition) is 1. The second-order valence-corrected chi connectivity index (χ2v) is 3.33. The summed E-state index contributed by atoms with van der Waals surface area (Å²) in [5, 5.41) is 8.91. The molecule has 2 atom stereocenters. The van der Waals surface area contributed by atoms with E-state index in [9.17, 15) is 9.59 Å². The molecule has 80 valence electrons. The highest BCUT2D eigenvalue weighted by Gasteiger charge is 2.25. The molecule has 1 saturated heterocycles. The molecule has 0 aromatic carbocycles. The average Bonchev–Trinajstić information content (AvgIpc) is 2.17. The van der Waals surface area contributed by atoms with E-state index in [-0.39, 0.29) is 31.7 Å². The first kappa shape index (κ1) is 11.0. The molecule has 0 spiro atoms. The first-order valence-corrected chi connectivity index (χ1v) is 4.60. The highest BCUT2D eigenvalue weighted by atomic mass is 16.6. The molecule has 0 bridgehead atoms. The van der Waals surface area contributed by atoms with Crippen molar-refractivity contribution in [3.63, 3.8) is 0 Å². The van der Waals surface area contributed by atoms with Crippen molar-refractivity contribution in [2.45, 2.75) is 25.9 Å². The summed E-state index contributed by atoms with van der Waals surface area (Å²) in [6.07, 6.45) is 0.0280. The van der Waals surface area contributed by atoms with Crippen LogP contribution in [0.3, 0.4) is 0 Å². The van der Waals surface area contributed by atoms with Crippen LogP contribution in [0.25, 0.3) is 0 Å². The van der Waals surface area contributed by atoms with E-state index in [4.69, 9.17) is 14.6 Å². The van der Waals surface area contributed by atoms with Crippen molar-refractivity contribution in [3.8, 4) is 0 Å². The Morgan fingerprint density at radius 3 is 2.86 bits per heavy atom. The van der Waals surface area contributed by atoms with Crippen LogP contribution >= 0.6 is 0 Å². The molecule has 1 aliphatic rings. The lowest BCUT2D eigenvalue weighted by Crippen LogP contribution is -2.25. The molecule has 0 aliphatic carbocycles. The first-order chi connectivity index (χ1) is 6.63. The van der Waals surface area contributed by atoms with Gasteiger partial charge in [-0.2, -0.15) is 0 Å². The molecule has 1 heterocycles. The number of aliphatic hydroxyl groups is 1. The van der Waals surface area contributed by atoms with Gasteiger partial charge in [0.1, 0.15) is 6.61 Å². The predicted octanol–water partition coefficient (Wildman–Crippen LogP) is -0.136. The third kappa shape index (κ3) is 2.99. The quantitative estimate of drug-likeness (QED) is 0.599. The molecular weight excluding hydrogens is 188 g/mol. The minimum atomic E-state index is -0.587. The number of carbonyl (C=O) groups is 2. The van der Waals surface area contributed by atoms with Crippen LogP contribution in [0.2, 0.25) is 0 Å².